The summed E-state index contributed by atoms with van der Waals surface area (Å²) in [5, 5.41) is 6.76. The van der Waals surface area contributed by atoms with E-state index < -0.39 is 47.2 Å². The zero-order valence-electron chi connectivity index (χ0n) is 21.9. The topological polar surface area (TPSA) is 57.5 Å². The molecule has 3 aliphatic rings. The summed E-state index contributed by atoms with van der Waals surface area (Å²) in [6.45, 7) is 1.55. The van der Waals surface area contributed by atoms with Gasteiger partial charge in [-0.25, -0.2) is 4.39 Å². The predicted octanol–water partition coefficient (Wildman–Crippen LogP) is 4.86. The lowest BCUT2D eigenvalue weighted by Gasteiger charge is -2.34. The Labute approximate surface area is 226 Å². The molecule has 40 heavy (non-hydrogen) atoms. The number of carbonyl (C=O) groups is 1. The third-order valence-electron chi connectivity index (χ3n) is 8.46. The summed E-state index contributed by atoms with van der Waals surface area (Å²) in [6.07, 6.45) is -2.86. The van der Waals surface area contributed by atoms with Crippen LogP contribution in [0.25, 0.3) is 0 Å². The highest BCUT2D eigenvalue weighted by molar-refractivity contribution is 6.11. The smallest absolute Gasteiger partial charge is 0.366 e. The summed E-state index contributed by atoms with van der Waals surface area (Å²) in [4.78, 5) is 18.7. The largest absolute Gasteiger partial charge is 0.416 e. The van der Waals surface area contributed by atoms with Crippen molar-refractivity contribution in [1.82, 2.24) is 19.7 Å². The number of rotatable bonds is 5. The van der Waals surface area contributed by atoms with Crippen molar-refractivity contribution in [3.63, 3.8) is 0 Å². The van der Waals surface area contributed by atoms with Gasteiger partial charge in [-0.3, -0.25) is 9.69 Å². The Kier molecular flexibility index (Phi) is 5.78. The number of benzene rings is 2. The summed E-state index contributed by atoms with van der Waals surface area (Å²) >= 11 is 0. The molecule has 2 aromatic carbocycles. The van der Waals surface area contributed by atoms with Gasteiger partial charge < -0.3 is 14.4 Å². The van der Waals surface area contributed by atoms with Crippen LogP contribution in [0.3, 0.4) is 0 Å². The maximum atomic E-state index is 15.8. The first-order valence-electron chi connectivity index (χ1n) is 12.7. The number of hydrogen-bond acceptors (Lipinski definition) is 5. The lowest BCUT2D eigenvalue weighted by Crippen LogP contribution is -2.44. The average Bonchev–Trinajstić information content (AvgIpc) is 3.66. The standard InChI is InChI=1S/C27H26F6N6O/c1-25(28,26(29,30)24-35-34-14-37(24)3)15-5-4-6-16(7-15)39-13-21-20(23(39)40)9-17(10-22(21)27(31,32)33)38-12-18-8-19(38)11-36(18)2/h4-7,9-10,14,18-19H,8,11-13H2,1-3H3/t18-,19-,25-/m1/s1. The number of aryl methyl sites for hydroxylation is 1. The molecule has 212 valence electrons. The zero-order valence-corrected chi connectivity index (χ0v) is 21.9. The van der Waals surface area contributed by atoms with E-state index in [1.807, 2.05) is 11.9 Å². The van der Waals surface area contributed by atoms with Crippen LogP contribution in [0, 0.1) is 0 Å². The fourth-order valence-corrected chi connectivity index (χ4v) is 6.13. The van der Waals surface area contributed by atoms with E-state index in [9.17, 15) is 18.0 Å². The van der Waals surface area contributed by atoms with E-state index in [4.69, 9.17) is 0 Å². The Bertz CT molecular complexity index is 1500. The molecular formula is C27H26F6N6O. The van der Waals surface area contributed by atoms with Crippen LogP contribution in [0.15, 0.2) is 42.7 Å². The van der Waals surface area contributed by atoms with Crippen molar-refractivity contribution in [3.05, 3.63) is 70.8 Å². The fraction of sp³-hybridized carbons (Fsp3) is 0.444. The predicted molar refractivity (Wildman–Crippen MR) is 134 cm³/mol. The highest BCUT2D eigenvalue weighted by atomic mass is 19.4. The number of carbonyl (C=O) groups excluding carboxylic acids is 1. The molecule has 0 radical (unpaired) electrons. The molecule has 13 heteroatoms. The fourth-order valence-electron chi connectivity index (χ4n) is 6.13. The molecule has 0 N–H and O–H groups in total. The van der Waals surface area contributed by atoms with Gasteiger partial charge in [0.2, 0.25) is 11.5 Å². The Hall–Kier alpha value is -3.61. The van der Waals surface area contributed by atoms with Crippen LogP contribution in [0.2, 0.25) is 0 Å². The molecule has 0 saturated carbocycles. The molecule has 1 amide bonds. The van der Waals surface area contributed by atoms with Crippen molar-refractivity contribution < 1.29 is 31.1 Å². The van der Waals surface area contributed by atoms with Crippen molar-refractivity contribution in [3.8, 4) is 0 Å². The van der Waals surface area contributed by atoms with Gasteiger partial charge in [0.1, 0.15) is 6.33 Å². The maximum absolute atomic E-state index is 15.8. The average molecular weight is 565 g/mol. The van der Waals surface area contributed by atoms with E-state index >= 15 is 13.2 Å². The summed E-state index contributed by atoms with van der Waals surface area (Å²) in [6, 6.07) is 7.74. The molecule has 3 atom stereocenters. The van der Waals surface area contributed by atoms with Crippen molar-refractivity contribution in [1.29, 1.82) is 0 Å². The molecule has 3 aromatic rings. The Morgan fingerprint density at radius 2 is 1.70 bits per heavy atom. The number of alkyl halides is 6. The van der Waals surface area contributed by atoms with Crippen molar-refractivity contribution >= 4 is 17.3 Å². The van der Waals surface area contributed by atoms with E-state index in [-0.39, 0.29) is 28.9 Å². The second-order valence-electron chi connectivity index (χ2n) is 10.9. The first-order valence-corrected chi connectivity index (χ1v) is 12.7. The monoisotopic (exact) mass is 564 g/mol. The van der Waals surface area contributed by atoms with Gasteiger partial charge in [0, 0.05) is 49.2 Å². The lowest BCUT2D eigenvalue weighted by molar-refractivity contribution is -0.149. The van der Waals surface area contributed by atoms with E-state index in [2.05, 4.69) is 15.1 Å². The number of hydrogen-bond donors (Lipinski definition) is 0. The summed E-state index contributed by atoms with van der Waals surface area (Å²) < 4.78 is 90.0. The summed E-state index contributed by atoms with van der Waals surface area (Å²) in [5.41, 5.74) is -4.60. The third-order valence-corrected chi connectivity index (χ3v) is 8.46. The van der Waals surface area contributed by atoms with E-state index in [0.29, 0.717) is 19.2 Å². The van der Waals surface area contributed by atoms with Crippen LogP contribution in [0.1, 0.15) is 46.2 Å². The van der Waals surface area contributed by atoms with Crippen LogP contribution >= 0.6 is 0 Å². The third kappa shape index (κ3) is 3.88. The van der Waals surface area contributed by atoms with Crippen LogP contribution in [0.4, 0.5) is 37.7 Å². The highest BCUT2D eigenvalue weighted by Gasteiger charge is 2.57. The molecule has 4 heterocycles. The van der Waals surface area contributed by atoms with Gasteiger partial charge in [0.25, 0.3) is 5.91 Å². The van der Waals surface area contributed by atoms with Crippen molar-refractivity contribution in [2.24, 2.45) is 7.05 Å². The van der Waals surface area contributed by atoms with E-state index in [1.54, 1.807) is 0 Å². The quantitative estimate of drug-likeness (QED) is 0.415. The molecule has 0 aliphatic carbocycles. The lowest BCUT2D eigenvalue weighted by atomic mass is 9.90. The van der Waals surface area contributed by atoms with Crippen molar-refractivity contribution in [2.45, 2.75) is 49.7 Å². The van der Waals surface area contributed by atoms with Crippen LogP contribution < -0.4 is 9.80 Å². The van der Waals surface area contributed by atoms with Crippen LogP contribution in [-0.4, -0.2) is 57.8 Å². The zero-order chi connectivity index (χ0) is 28.8. The Balaban J connectivity index is 1.36. The van der Waals surface area contributed by atoms with E-state index in [1.165, 1.54) is 25.2 Å². The minimum absolute atomic E-state index is 0.00729. The van der Waals surface area contributed by atoms with Gasteiger partial charge in [-0.15, -0.1) is 10.2 Å². The van der Waals surface area contributed by atoms with Crippen molar-refractivity contribution in [2.75, 3.05) is 29.9 Å². The maximum Gasteiger partial charge on any atom is 0.416 e. The number of fused-ring (bicyclic) bond motifs is 3. The molecule has 7 nitrogen and oxygen atoms in total. The number of halogens is 6. The summed E-state index contributed by atoms with van der Waals surface area (Å²) in [7, 11) is 3.24. The Morgan fingerprint density at radius 3 is 2.30 bits per heavy atom. The van der Waals surface area contributed by atoms with Gasteiger partial charge in [-0.1, -0.05) is 12.1 Å². The molecule has 2 fully saturated rings. The van der Waals surface area contributed by atoms with Crippen LogP contribution in [-0.2, 0) is 31.4 Å². The van der Waals surface area contributed by atoms with Crippen LogP contribution in [0.5, 0.6) is 0 Å². The molecule has 3 aliphatic heterocycles. The molecule has 2 saturated heterocycles. The molecular weight excluding hydrogens is 538 g/mol. The van der Waals surface area contributed by atoms with E-state index in [0.717, 1.165) is 47.0 Å². The van der Waals surface area contributed by atoms with Gasteiger partial charge in [-0.05, 0) is 55.8 Å². The number of likely N-dealkylation sites (N-methyl/N-ethyl adjacent to an activating group) is 1. The first-order chi connectivity index (χ1) is 18.7. The highest BCUT2D eigenvalue weighted by Crippen LogP contribution is 2.49. The molecule has 0 unspecified atom stereocenters. The Morgan fingerprint density at radius 1 is 0.950 bits per heavy atom. The number of anilines is 2. The van der Waals surface area contributed by atoms with Gasteiger partial charge in [0.15, 0.2) is 0 Å². The number of likely N-dealkylation sites (tertiary alicyclic amines) is 1. The normalized spacial score (nSPS) is 22.8. The number of nitrogens with zero attached hydrogens (tertiary/aromatic N) is 6. The number of piperazine rings is 1. The SMILES string of the molecule is CN1C[C@H]2C[C@@H]1CN2c1cc2c(c(C(F)(F)F)c1)CN(c1cccc([C@@](C)(F)C(F)(F)c3nncn3C)c1)C2=O. The molecule has 1 aromatic heterocycles. The summed E-state index contributed by atoms with van der Waals surface area (Å²) in [5.74, 6) is -5.70. The first kappa shape index (κ1) is 26.6. The molecule has 6 rings (SSSR count). The molecule has 0 spiro atoms. The van der Waals surface area contributed by atoms with Gasteiger partial charge in [-0.2, -0.15) is 22.0 Å². The minimum atomic E-state index is -4.72. The number of aromatic nitrogens is 3. The second kappa shape index (κ2) is 8.69. The number of amides is 1. The van der Waals surface area contributed by atoms with Gasteiger partial charge in [0.05, 0.1) is 12.1 Å². The van der Waals surface area contributed by atoms with Gasteiger partial charge >= 0.3 is 12.1 Å². The second-order valence-corrected chi connectivity index (χ2v) is 10.9. The molecule has 2 bridgehead atoms. The minimum Gasteiger partial charge on any atom is -0.366 e.